The van der Waals surface area contributed by atoms with Crippen LogP contribution < -0.4 is 0 Å². The molecule has 1 fully saturated rings. The molecule has 0 aromatic rings. The van der Waals surface area contributed by atoms with E-state index in [0.29, 0.717) is 6.17 Å². The van der Waals surface area contributed by atoms with Crippen LogP contribution in [0.3, 0.4) is 0 Å². The van der Waals surface area contributed by atoms with E-state index in [4.69, 9.17) is 0 Å². The van der Waals surface area contributed by atoms with Crippen molar-refractivity contribution in [2.45, 2.75) is 71.4 Å². The smallest absolute Gasteiger partial charge is 0.0591 e. The maximum atomic E-state index is 2.62. The second-order valence-corrected chi connectivity index (χ2v) is 5.62. The molecule has 0 bridgehead atoms. The van der Waals surface area contributed by atoms with Gasteiger partial charge in [-0.15, -0.1) is 0 Å². The van der Waals surface area contributed by atoms with Crippen molar-refractivity contribution in [1.82, 2.24) is 9.80 Å². The summed E-state index contributed by atoms with van der Waals surface area (Å²) in [4.78, 5) is 5.07. The van der Waals surface area contributed by atoms with Gasteiger partial charge in [0.15, 0.2) is 0 Å². The van der Waals surface area contributed by atoms with Crippen LogP contribution >= 0.6 is 0 Å². The second kappa shape index (κ2) is 8.93. The molecule has 0 aromatic carbocycles. The standard InChI is InChI=1S/C15H32N2/c1-4-5-6-7-8-9-10-11-12-17-14-13-16(3)15(17)2/h15H,4-14H2,1-3H3. The van der Waals surface area contributed by atoms with Gasteiger partial charge in [0.25, 0.3) is 0 Å². The highest BCUT2D eigenvalue weighted by Crippen LogP contribution is 2.14. The third-order valence-electron chi connectivity index (χ3n) is 4.21. The molecule has 0 radical (unpaired) electrons. The summed E-state index contributed by atoms with van der Waals surface area (Å²) < 4.78 is 0. The number of unbranched alkanes of at least 4 members (excludes halogenated alkanes) is 7. The van der Waals surface area contributed by atoms with Crippen molar-refractivity contribution in [3.05, 3.63) is 0 Å². The van der Waals surface area contributed by atoms with Gasteiger partial charge in [-0.2, -0.15) is 0 Å². The van der Waals surface area contributed by atoms with Crippen molar-refractivity contribution in [2.75, 3.05) is 26.7 Å². The minimum Gasteiger partial charge on any atom is -0.290 e. The molecule has 2 heteroatoms. The van der Waals surface area contributed by atoms with Crippen molar-refractivity contribution >= 4 is 0 Å². The van der Waals surface area contributed by atoms with Crippen LogP contribution in [0.25, 0.3) is 0 Å². The summed E-state index contributed by atoms with van der Waals surface area (Å²) in [6.45, 7) is 8.44. The minimum atomic E-state index is 0.666. The van der Waals surface area contributed by atoms with Crippen LogP contribution in [0.2, 0.25) is 0 Å². The van der Waals surface area contributed by atoms with Crippen molar-refractivity contribution in [1.29, 1.82) is 0 Å². The molecule has 1 saturated heterocycles. The van der Waals surface area contributed by atoms with E-state index in [9.17, 15) is 0 Å². The van der Waals surface area contributed by atoms with E-state index in [1.54, 1.807) is 0 Å². The molecular formula is C15H32N2. The zero-order valence-electron chi connectivity index (χ0n) is 12.2. The van der Waals surface area contributed by atoms with Gasteiger partial charge in [-0.1, -0.05) is 51.9 Å². The van der Waals surface area contributed by atoms with Crippen LogP contribution in [-0.2, 0) is 0 Å². The van der Waals surface area contributed by atoms with Gasteiger partial charge in [0.2, 0.25) is 0 Å². The molecule has 0 aliphatic carbocycles. The number of hydrogen-bond acceptors (Lipinski definition) is 2. The van der Waals surface area contributed by atoms with Gasteiger partial charge in [-0.3, -0.25) is 9.80 Å². The summed E-state index contributed by atoms with van der Waals surface area (Å²) >= 11 is 0. The zero-order valence-corrected chi connectivity index (χ0v) is 12.2. The Morgan fingerprint density at radius 1 is 0.882 bits per heavy atom. The van der Waals surface area contributed by atoms with Crippen LogP contribution in [0.4, 0.5) is 0 Å². The average molecular weight is 240 g/mol. The number of likely N-dealkylation sites (N-methyl/N-ethyl adjacent to an activating group) is 1. The predicted octanol–water partition coefficient (Wildman–Crippen LogP) is 3.72. The Morgan fingerprint density at radius 2 is 1.47 bits per heavy atom. The molecule has 0 aromatic heterocycles. The summed E-state index contributed by atoms with van der Waals surface area (Å²) in [7, 11) is 2.23. The maximum Gasteiger partial charge on any atom is 0.0591 e. The topological polar surface area (TPSA) is 6.48 Å². The van der Waals surface area contributed by atoms with Crippen LogP contribution in [0.5, 0.6) is 0 Å². The normalized spacial score (nSPS) is 22.4. The molecule has 0 spiro atoms. The highest BCUT2D eigenvalue weighted by atomic mass is 15.4. The molecular weight excluding hydrogens is 208 g/mol. The molecule has 2 nitrogen and oxygen atoms in total. The first-order chi connectivity index (χ1) is 8.25. The molecule has 0 saturated carbocycles. The Balaban J connectivity index is 1.87. The van der Waals surface area contributed by atoms with E-state index in [0.717, 1.165) is 0 Å². The molecule has 1 aliphatic rings. The lowest BCUT2D eigenvalue weighted by Crippen LogP contribution is -2.34. The van der Waals surface area contributed by atoms with Gasteiger partial charge in [0.05, 0.1) is 6.17 Å². The Hall–Kier alpha value is -0.0800. The summed E-state index contributed by atoms with van der Waals surface area (Å²) in [5, 5.41) is 0. The monoisotopic (exact) mass is 240 g/mol. The molecule has 1 aliphatic heterocycles. The summed E-state index contributed by atoms with van der Waals surface area (Å²) in [6.07, 6.45) is 12.1. The van der Waals surface area contributed by atoms with Crippen LogP contribution in [0, 0.1) is 0 Å². The molecule has 0 amide bonds. The average Bonchev–Trinajstić information content (AvgIpc) is 2.64. The zero-order chi connectivity index (χ0) is 12.5. The first kappa shape index (κ1) is 15.0. The number of nitrogens with zero attached hydrogens (tertiary/aromatic N) is 2. The Kier molecular flexibility index (Phi) is 7.87. The van der Waals surface area contributed by atoms with Gasteiger partial charge in [-0.25, -0.2) is 0 Å². The Labute approximate surface area is 108 Å². The SMILES string of the molecule is CCCCCCCCCCN1CCN(C)C1C. The molecule has 1 atom stereocenters. The van der Waals surface area contributed by atoms with Crippen molar-refractivity contribution < 1.29 is 0 Å². The maximum absolute atomic E-state index is 2.62. The van der Waals surface area contributed by atoms with Gasteiger partial charge in [-0.05, 0) is 26.9 Å². The summed E-state index contributed by atoms with van der Waals surface area (Å²) in [5.74, 6) is 0. The first-order valence-corrected chi connectivity index (χ1v) is 7.70. The van der Waals surface area contributed by atoms with E-state index >= 15 is 0 Å². The van der Waals surface area contributed by atoms with Gasteiger partial charge < -0.3 is 0 Å². The highest BCUT2D eigenvalue weighted by Gasteiger charge is 2.23. The van der Waals surface area contributed by atoms with E-state index in [1.807, 2.05) is 0 Å². The Bertz CT molecular complexity index is 182. The third-order valence-corrected chi connectivity index (χ3v) is 4.21. The molecule has 1 rings (SSSR count). The molecule has 17 heavy (non-hydrogen) atoms. The van der Waals surface area contributed by atoms with E-state index in [1.165, 1.54) is 71.0 Å². The fourth-order valence-electron chi connectivity index (χ4n) is 2.69. The fourth-order valence-corrected chi connectivity index (χ4v) is 2.69. The van der Waals surface area contributed by atoms with E-state index < -0.39 is 0 Å². The minimum absolute atomic E-state index is 0.666. The Morgan fingerprint density at radius 3 is 2.00 bits per heavy atom. The molecule has 102 valence electrons. The fraction of sp³-hybridized carbons (Fsp3) is 1.00. The lowest BCUT2D eigenvalue weighted by Gasteiger charge is -2.23. The van der Waals surface area contributed by atoms with Gasteiger partial charge >= 0.3 is 0 Å². The van der Waals surface area contributed by atoms with Crippen LogP contribution in [0.15, 0.2) is 0 Å². The molecule has 1 unspecified atom stereocenters. The highest BCUT2D eigenvalue weighted by molar-refractivity contribution is 4.75. The first-order valence-electron chi connectivity index (χ1n) is 7.70. The predicted molar refractivity (Wildman–Crippen MR) is 76.3 cm³/mol. The van der Waals surface area contributed by atoms with Gasteiger partial charge in [0.1, 0.15) is 0 Å². The number of hydrogen-bond donors (Lipinski definition) is 0. The largest absolute Gasteiger partial charge is 0.290 e. The summed E-state index contributed by atoms with van der Waals surface area (Å²) in [6, 6.07) is 0. The van der Waals surface area contributed by atoms with Crippen molar-refractivity contribution in [3.8, 4) is 0 Å². The van der Waals surface area contributed by atoms with Crippen LogP contribution in [0.1, 0.15) is 65.2 Å². The molecule has 1 heterocycles. The van der Waals surface area contributed by atoms with E-state index in [-0.39, 0.29) is 0 Å². The van der Waals surface area contributed by atoms with Gasteiger partial charge in [0, 0.05) is 13.1 Å². The van der Waals surface area contributed by atoms with Crippen LogP contribution in [-0.4, -0.2) is 42.6 Å². The molecule has 0 N–H and O–H groups in total. The van der Waals surface area contributed by atoms with Crippen molar-refractivity contribution in [2.24, 2.45) is 0 Å². The van der Waals surface area contributed by atoms with E-state index in [2.05, 4.69) is 30.7 Å². The lowest BCUT2D eigenvalue weighted by atomic mass is 10.1. The lowest BCUT2D eigenvalue weighted by molar-refractivity contribution is 0.174. The van der Waals surface area contributed by atoms with Crippen molar-refractivity contribution in [3.63, 3.8) is 0 Å². The quantitative estimate of drug-likeness (QED) is 0.567. The number of rotatable bonds is 9. The third kappa shape index (κ3) is 5.87. The summed E-state index contributed by atoms with van der Waals surface area (Å²) in [5.41, 5.74) is 0. The second-order valence-electron chi connectivity index (χ2n) is 5.62.